The maximum Gasteiger partial charge on any atom is 0.195 e. The molecule has 1 fully saturated rings. The van der Waals surface area contributed by atoms with Crippen LogP contribution in [-0.2, 0) is 0 Å². The fourth-order valence-electron chi connectivity index (χ4n) is 2.83. The third-order valence-electron chi connectivity index (χ3n) is 4.14. The van der Waals surface area contributed by atoms with Crippen molar-refractivity contribution in [1.82, 2.24) is 9.80 Å². The Morgan fingerprint density at radius 3 is 2.18 bits per heavy atom. The summed E-state index contributed by atoms with van der Waals surface area (Å²) in [5.74, 6) is 3.54. The van der Waals surface area contributed by atoms with Gasteiger partial charge in [-0.1, -0.05) is 26.7 Å². The average molecular weight is 239 g/mol. The summed E-state index contributed by atoms with van der Waals surface area (Å²) in [6.45, 7) is 5.77. The summed E-state index contributed by atoms with van der Waals surface area (Å²) >= 11 is 0. The Morgan fingerprint density at radius 2 is 1.65 bits per heavy atom. The summed E-state index contributed by atoms with van der Waals surface area (Å²) in [7, 11) is 8.25. The zero-order valence-electron chi connectivity index (χ0n) is 12.4. The summed E-state index contributed by atoms with van der Waals surface area (Å²) in [5.41, 5.74) is 0. The molecule has 3 nitrogen and oxygen atoms in total. The maximum absolute atomic E-state index is 4.80. The molecular formula is C14H29N3. The molecule has 0 N–H and O–H groups in total. The van der Waals surface area contributed by atoms with Crippen molar-refractivity contribution in [3.8, 4) is 0 Å². The summed E-state index contributed by atoms with van der Waals surface area (Å²) in [4.78, 5) is 8.99. The molecule has 0 amide bonds. The lowest BCUT2D eigenvalue weighted by atomic mass is 9.74. The number of rotatable bonds is 2. The molecule has 0 saturated heterocycles. The van der Waals surface area contributed by atoms with Crippen LogP contribution in [0.15, 0.2) is 4.99 Å². The standard InChI is InChI=1S/C14H29N3/c1-11-8-7-9-13(12(11)2)10-15-14(16(3)4)17(5)6/h11-13H,7-10H2,1-6H3. The first-order valence-corrected chi connectivity index (χ1v) is 6.82. The highest BCUT2D eigenvalue weighted by Gasteiger charge is 2.26. The normalized spacial score (nSPS) is 28.7. The lowest BCUT2D eigenvalue weighted by molar-refractivity contribution is 0.188. The van der Waals surface area contributed by atoms with Crippen LogP contribution in [0.4, 0.5) is 0 Å². The summed E-state index contributed by atoms with van der Waals surface area (Å²) in [5, 5.41) is 0. The van der Waals surface area contributed by atoms with Crippen molar-refractivity contribution in [2.75, 3.05) is 34.7 Å². The molecule has 3 unspecified atom stereocenters. The van der Waals surface area contributed by atoms with E-state index in [1.54, 1.807) is 0 Å². The van der Waals surface area contributed by atoms with E-state index in [0.29, 0.717) is 0 Å². The summed E-state index contributed by atoms with van der Waals surface area (Å²) in [6.07, 6.45) is 4.13. The summed E-state index contributed by atoms with van der Waals surface area (Å²) in [6, 6.07) is 0. The van der Waals surface area contributed by atoms with E-state index in [4.69, 9.17) is 4.99 Å². The average Bonchev–Trinajstić information content (AvgIpc) is 2.23. The predicted molar refractivity (Wildman–Crippen MR) is 75.3 cm³/mol. The van der Waals surface area contributed by atoms with Crippen molar-refractivity contribution in [3.05, 3.63) is 0 Å². The first-order chi connectivity index (χ1) is 7.93. The lowest BCUT2D eigenvalue weighted by Crippen LogP contribution is -2.36. The third kappa shape index (κ3) is 3.90. The number of hydrogen-bond acceptors (Lipinski definition) is 1. The molecular weight excluding hydrogens is 210 g/mol. The molecule has 1 aliphatic rings. The summed E-state index contributed by atoms with van der Waals surface area (Å²) < 4.78 is 0. The molecule has 17 heavy (non-hydrogen) atoms. The zero-order valence-corrected chi connectivity index (χ0v) is 12.4. The Morgan fingerprint density at radius 1 is 1.06 bits per heavy atom. The van der Waals surface area contributed by atoms with Gasteiger partial charge >= 0.3 is 0 Å². The van der Waals surface area contributed by atoms with E-state index in [1.807, 2.05) is 0 Å². The van der Waals surface area contributed by atoms with Crippen LogP contribution in [0.2, 0.25) is 0 Å². The Balaban J connectivity index is 2.61. The second-order valence-electron chi connectivity index (χ2n) is 5.96. The highest BCUT2D eigenvalue weighted by Crippen LogP contribution is 2.34. The van der Waals surface area contributed by atoms with Gasteiger partial charge in [-0.2, -0.15) is 0 Å². The number of nitrogens with zero attached hydrogens (tertiary/aromatic N) is 3. The molecule has 100 valence electrons. The van der Waals surface area contributed by atoms with Gasteiger partial charge in [-0.15, -0.1) is 0 Å². The van der Waals surface area contributed by atoms with E-state index in [-0.39, 0.29) is 0 Å². The van der Waals surface area contributed by atoms with E-state index < -0.39 is 0 Å². The Kier molecular flexibility index (Phi) is 5.29. The van der Waals surface area contributed by atoms with Crippen LogP contribution in [0, 0.1) is 17.8 Å². The molecule has 0 aromatic rings. The highest BCUT2D eigenvalue weighted by atomic mass is 15.3. The second-order valence-corrected chi connectivity index (χ2v) is 5.96. The smallest absolute Gasteiger partial charge is 0.195 e. The minimum absolute atomic E-state index is 0.772. The minimum Gasteiger partial charge on any atom is -0.349 e. The number of aliphatic imine (C=N–C) groups is 1. The van der Waals surface area contributed by atoms with Gasteiger partial charge < -0.3 is 9.80 Å². The molecule has 0 heterocycles. The van der Waals surface area contributed by atoms with Crippen LogP contribution in [0.25, 0.3) is 0 Å². The van der Waals surface area contributed by atoms with Gasteiger partial charge in [0.25, 0.3) is 0 Å². The lowest BCUT2D eigenvalue weighted by Gasteiger charge is -2.33. The number of hydrogen-bond donors (Lipinski definition) is 0. The predicted octanol–water partition coefficient (Wildman–Crippen LogP) is 2.54. The third-order valence-corrected chi connectivity index (χ3v) is 4.14. The molecule has 0 aliphatic heterocycles. The maximum atomic E-state index is 4.80. The molecule has 3 atom stereocenters. The SMILES string of the molecule is CC1CCCC(CN=C(N(C)C)N(C)C)C1C. The van der Waals surface area contributed by atoms with E-state index >= 15 is 0 Å². The topological polar surface area (TPSA) is 18.8 Å². The van der Waals surface area contributed by atoms with Crippen LogP contribution in [0.5, 0.6) is 0 Å². The van der Waals surface area contributed by atoms with E-state index in [1.165, 1.54) is 19.3 Å². The Labute approximate surface area is 107 Å². The monoisotopic (exact) mass is 239 g/mol. The van der Waals surface area contributed by atoms with Crippen LogP contribution >= 0.6 is 0 Å². The molecule has 0 aromatic carbocycles. The van der Waals surface area contributed by atoms with E-state index in [0.717, 1.165) is 30.3 Å². The molecule has 3 heteroatoms. The fourth-order valence-corrected chi connectivity index (χ4v) is 2.83. The van der Waals surface area contributed by atoms with Crippen LogP contribution < -0.4 is 0 Å². The van der Waals surface area contributed by atoms with Crippen molar-refractivity contribution < 1.29 is 0 Å². The van der Waals surface area contributed by atoms with Gasteiger partial charge in [0.05, 0.1) is 0 Å². The van der Waals surface area contributed by atoms with Gasteiger partial charge in [-0.25, -0.2) is 0 Å². The zero-order chi connectivity index (χ0) is 13.0. The number of guanidine groups is 1. The molecule has 0 spiro atoms. The molecule has 0 aromatic heterocycles. The second kappa shape index (κ2) is 6.27. The van der Waals surface area contributed by atoms with Gasteiger partial charge in [0.2, 0.25) is 0 Å². The van der Waals surface area contributed by atoms with Crippen LogP contribution in [0.1, 0.15) is 33.1 Å². The van der Waals surface area contributed by atoms with Crippen molar-refractivity contribution in [1.29, 1.82) is 0 Å². The Bertz CT molecular complexity index is 248. The van der Waals surface area contributed by atoms with Crippen molar-refractivity contribution >= 4 is 5.96 Å². The van der Waals surface area contributed by atoms with Gasteiger partial charge in [0.1, 0.15) is 0 Å². The van der Waals surface area contributed by atoms with Gasteiger partial charge in [0, 0.05) is 34.7 Å². The Hall–Kier alpha value is -0.730. The van der Waals surface area contributed by atoms with Crippen molar-refractivity contribution in [2.45, 2.75) is 33.1 Å². The minimum atomic E-state index is 0.772. The molecule has 0 radical (unpaired) electrons. The van der Waals surface area contributed by atoms with Crippen LogP contribution in [-0.4, -0.2) is 50.5 Å². The highest BCUT2D eigenvalue weighted by molar-refractivity contribution is 5.79. The fraction of sp³-hybridized carbons (Fsp3) is 0.929. The first kappa shape index (κ1) is 14.3. The van der Waals surface area contributed by atoms with Gasteiger partial charge in [-0.05, 0) is 24.2 Å². The van der Waals surface area contributed by atoms with E-state index in [2.05, 4.69) is 51.8 Å². The van der Waals surface area contributed by atoms with E-state index in [9.17, 15) is 0 Å². The molecule has 1 aliphatic carbocycles. The molecule has 1 rings (SSSR count). The quantitative estimate of drug-likeness (QED) is 0.545. The van der Waals surface area contributed by atoms with Gasteiger partial charge in [0.15, 0.2) is 5.96 Å². The molecule has 0 bridgehead atoms. The van der Waals surface area contributed by atoms with Crippen molar-refractivity contribution in [2.24, 2.45) is 22.7 Å². The molecule has 1 saturated carbocycles. The first-order valence-electron chi connectivity index (χ1n) is 6.82. The van der Waals surface area contributed by atoms with Crippen molar-refractivity contribution in [3.63, 3.8) is 0 Å². The van der Waals surface area contributed by atoms with Gasteiger partial charge in [-0.3, -0.25) is 4.99 Å². The largest absolute Gasteiger partial charge is 0.349 e. The van der Waals surface area contributed by atoms with Crippen LogP contribution in [0.3, 0.4) is 0 Å².